The van der Waals surface area contributed by atoms with E-state index in [4.69, 9.17) is 0 Å². The fourth-order valence-electron chi connectivity index (χ4n) is 1.27. The molecule has 5 nitrogen and oxygen atoms in total. The van der Waals surface area contributed by atoms with Gasteiger partial charge in [0.25, 0.3) is 5.69 Å². The van der Waals surface area contributed by atoms with Crippen molar-refractivity contribution in [1.29, 1.82) is 0 Å². The quantitative estimate of drug-likeness (QED) is 0.513. The Bertz CT molecular complexity index is 521. The summed E-state index contributed by atoms with van der Waals surface area (Å²) in [5, 5.41) is 10.4. The lowest BCUT2D eigenvalue weighted by Gasteiger charge is -1.95. The third-order valence-corrected chi connectivity index (χ3v) is 1.82. The van der Waals surface area contributed by atoms with Gasteiger partial charge in [-0.05, 0) is 6.92 Å². The summed E-state index contributed by atoms with van der Waals surface area (Å²) < 4.78 is 14.5. The van der Waals surface area contributed by atoms with Crippen LogP contribution in [-0.4, -0.2) is 14.3 Å². The van der Waals surface area contributed by atoms with E-state index < -0.39 is 10.7 Å². The Morgan fingerprint density at radius 3 is 2.93 bits per heavy atom. The lowest BCUT2D eigenvalue weighted by molar-refractivity contribution is -0.385. The monoisotopic (exact) mass is 195 g/mol. The van der Waals surface area contributed by atoms with Crippen LogP contribution in [0.15, 0.2) is 18.5 Å². The molecule has 0 saturated carbocycles. The van der Waals surface area contributed by atoms with Crippen LogP contribution in [0.4, 0.5) is 10.1 Å². The predicted octanol–water partition coefficient (Wildman–Crippen LogP) is 1.69. The van der Waals surface area contributed by atoms with Gasteiger partial charge >= 0.3 is 0 Å². The zero-order chi connectivity index (χ0) is 10.3. The first-order chi connectivity index (χ1) is 6.58. The summed E-state index contributed by atoms with van der Waals surface area (Å²) in [7, 11) is 0. The highest BCUT2D eigenvalue weighted by molar-refractivity contribution is 5.46. The van der Waals surface area contributed by atoms with Crippen LogP contribution in [0.2, 0.25) is 0 Å². The maximum atomic E-state index is 13.2. The zero-order valence-corrected chi connectivity index (χ0v) is 7.27. The van der Waals surface area contributed by atoms with E-state index in [0.717, 1.165) is 6.07 Å². The van der Waals surface area contributed by atoms with Crippen molar-refractivity contribution < 1.29 is 9.31 Å². The van der Waals surface area contributed by atoms with Crippen LogP contribution in [0.1, 0.15) is 5.69 Å². The Balaban J connectivity index is 2.77. The first-order valence-corrected chi connectivity index (χ1v) is 3.87. The van der Waals surface area contributed by atoms with Gasteiger partial charge in [0.15, 0.2) is 11.5 Å². The van der Waals surface area contributed by atoms with Gasteiger partial charge in [-0.2, -0.15) is 0 Å². The molecule has 0 fully saturated rings. The predicted molar refractivity (Wildman–Crippen MR) is 46.5 cm³/mol. The molecule has 0 spiro atoms. The van der Waals surface area contributed by atoms with Crippen LogP contribution in [0.5, 0.6) is 0 Å². The number of nitrogens with zero attached hydrogens (tertiary/aromatic N) is 3. The van der Waals surface area contributed by atoms with Gasteiger partial charge in [0.2, 0.25) is 0 Å². The Morgan fingerprint density at radius 1 is 1.57 bits per heavy atom. The maximum Gasteiger partial charge on any atom is 0.288 e. The molecule has 0 aliphatic carbocycles. The first kappa shape index (κ1) is 8.61. The second-order valence-corrected chi connectivity index (χ2v) is 2.92. The lowest BCUT2D eigenvalue weighted by Crippen LogP contribution is -1.94. The number of imidazole rings is 1. The summed E-state index contributed by atoms with van der Waals surface area (Å²) in [6.45, 7) is 1.69. The largest absolute Gasteiger partial charge is 0.297 e. The first-order valence-electron chi connectivity index (χ1n) is 3.87. The molecule has 2 heterocycles. The van der Waals surface area contributed by atoms with E-state index in [1.54, 1.807) is 6.92 Å². The van der Waals surface area contributed by atoms with Crippen LogP contribution in [0.3, 0.4) is 0 Å². The molecule has 2 aromatic rings. The van der Waals surface area contributed by atoms with Crippen LogP contribution in [0, 0.1) is 22.9 Å². The summed E-state index contributed by atoms with van der Waals surface area (Å²) in [4.78, 5) is 13.6. The van der Waals surface area contributed by atoms with Gasteiger partial charge in [-0.3, -0.25) is 14.5 Å². The molecule has 2 rings (SSSR count). The van der Waals surface area contributed by atoms with E-state index in [1.165, 1.54) is 16.8 Å². The number of halogens is 1. The molecule has 0 aromatic carbocycles. The molecule has 0 amide bonds. The van der Waals surface area contributed by atoms with Crippen molar-refractivity contribution in [3.63, 3.8) is 0 Å². The molecular weight excluding hydrogens is 189 g/mol. The van der Waals surface area contributed by atoms with Crippen molar-refractivity contribution in [3.8, 4) is 0 Å². The van der Waals surface area contributed by atoms with Gasteiger partial charge < -0.3 is 0 Å². The van der Waals surface area contributed by atoms with Crippen molar-refractivity contribution in [1.82, 2.24) is 9.38 Å². The number of aromatic nitrogens is 2. The van der Waals surface area contributed by atoms with E-state index in [9.17, 15) is 14.5 Å². The van der Waals surface area contributed by atoms with Crippen LogP contribution < -0.4 is 0 Å². The smallest absolute Gasteiger partial charge is 0.288 e. The standard InChI is InChI=1S/C8H6FN3O2/c1-5-3-11-4-6(12(13)14)2-7(9)8(11)10-5/h2-4H,1H3. The van der Waals surface area contributed by atoms with Gasteiger partial charge in [0.05, 0.1) is 22.9 Å². The topological polar surface area (TPSA) is 60.4 Å². The molecule has 0 aliphatic rings. The number of hydrogen-bond acceptors (Lipinski definition) is 3. The molecule has 0 unspecified atom stereocenters. The van der Waals surface area contributed by atoms with Crippen LogP contribution >= 0.6 is 0 Å². The molecule has 0 bridgehead atoms. The van der Waals surface area contributed by atoms with E-state index in [2.05, 4.69) is 4.98 Å². The normalized spacial score (nSPS) is 10.7. The van der Waals surface area contributed by atoms with Crippen molar-refractivity contribution in [3.05, 3.63) is 40.1 Å². The minimum absolute atomic E-state index is 0.105. The van der Waals surface area contributed by atoms with Gasteiger partial charge in [0, 0.05) is 6.20 Å². The number of hydrogen-bond donors (Lipinski definition) is 0. The van der Waals surface area contributed by atoms with E-state index in [-0.39, 0.29) is 11.3 Å². The molecule has 72 valence electrons. The van der Waals surface area contributed by atoms with Gasteiger partial charge in [0.1, 0.15) is 0 Å². The number of rotatable bonds is 1. The maximum absolute atomic E-state index is 13.2. The molecule has 0 N–H and O–H groups in total. The average Bonchev–Trinajstić information content (AvgIpc) is 2.45. The lowest BCUT2D eigenvalue weighted by atomic mass is 10.4. The molecule has 0 radical (unpaired) electrons. The Hall–Kier alpha value is -1.98. The summed E-state index contributed by atoms with van der Waals surface area (Å²) in [6.07, 6.45) is 2.77. The molecule has 6 heteroatoms. The number of nitro groups is 1. The van der Waals surface area contributed by atoms with Crippen molar-refractivity contribution >= 4 is 11.3 Å². The van der Waals surface area contributed by atoms with E-state index in [0.29, 0.717) is 5.69 Å². The third-order valence-electron chi connectivity index (χ3n) is 1.82. The van der Waals surface area contributed by atoms with Gasteiger partial charge in [-0.15, -0.1) is 0 Å². The fourth-order valence-corrected chi connectivity index (χ4v) is 1.27. The summed E-state index contributed by atoms with van der Waals surface area (Å²) in [6, 6.07) is 0.863. The Morgan fingerprint density at radius 2 is 2.29 bits per heavy atom. The second-order valence-electron chi connectivity index (χ2n) is 2.92. The molecule has 0 saturated heterocycles. The second kappa shape index (κ2) is 2.76. The third kappa shape index (κ3) is 1.20. The van der Waals surface area contributed by atoms with Gasteiger partial charge in [-0.1, -0.05) is 0 Å². The number of fused-ring (bicyclic) bond motifs is 1. The highest BCUT2D eigenvalue weighted by Crippen LogP contribution is 2.17. The van der Waals surface area contributed by atoms with E-state index >= 15 is 0 Å². The Labute approximate surface area is 78.0 Å². The van der Waals surface area contributed by atoms with Crippen LogP contribution in [0.25, 0.3) is 5.65 Å². The van der Waals surface area contributed by atoms with E-state index in [1.807, 2.05) is 0 Å². The summed E-state index contributed by atoms with van der Waals surface area (Å²) in [5.74, 6) is -0.688. The van der Waals surface area contributed by atoms with Crippen molar-refractivity contribution in [2.75, 3.05) is 0 Å². The summed E-state index contributed by atoms with van der Waals surface area (Å²) in [5.41, 5.74) is 0.435. The number of aryl methyl sites for hydroxylation is 1. The molecule has 14 heavy (non-hydrogen) atoms. The minimum Gasteiger partial charge on any atom is -0.297 e. The fraction of sp³-hybridized carbons (Fsp3) is 0.125. The molecule has 2 aromatic heterocycles. The van der Waals surface area contributed by atoms with Crippen molar-refractivity contribution in [2.45, 2.75) is 6.92 Å². The molecular formula is C8H6FN3O2. The average molecular weight is 195 g/mol. The van der Waals surface area contributed by atoms with Gasteiger partial charge in [-0.25, -0.2) is 9.37 Å². The number of pyridine rings is 1. The zero-order valence-electron chi connectivity index (χ0n) is 7.27. The Kier molecular flexibility index (Phi) is 1.70. The van der Waals surface area contributed by atoms with Crippen LogP contribution in [-0.2, 0) is 0 Å². The molecule has 0 atom stereocenters. The summed E-state index contributed by atoms with van der Waals surface area (Å²) >= 11 is 0. The minimum atomic E-state index is -0.688. The molecule has 0 aliphatic heterocycles. The SMILES string of the molecule is Cc1cn2cc([N+](=O)[O-])cc(F)c2n1. The highest BCUT2D eigenvalue weighted by Gasteiger charge is 2.12. The highest BCUT2D eigenvalue weighted by atomic mass is 19.1. The van der Waals surface area contributed by atoms with Crippen molar-refractivity contribution in [2.24, 2.45) is 0 Å².